The second-order valence-electron chi connectivity index (χ2n) is 4.12. The Morgan fingerprint density at radius 2 is 2.06 bits per heavy atom. The van der Waals surface area contributed by atoms with Crippen molar-refractivity contribution in [2.24, 2.45) is 0 Å². The maximum atomic E-state index is 12.7. The Bertz CT molecular complexity index is 427. The van der Waals surface area contributed by atoms with Crippen LogP contribution in [0.5, 0.6) is 0 Å². The lowest BCUT2D eigenvalue weighted by Crippen LogP contribution is -2.29. The number of nitrogens with one attached hydrogen (secondary N) is 1. The van der Waals surface area contributed by atoms with Crippen molar-refractivity contribution in [1.82, 2.24) is 5.32 Å². The second kappa shape index (κ2) is 4.26. The number of alkyl halides is 3. The van der Waals surface area contributed by atoms with Gasteiger partial charge in [0.2, 0.25) is 0 Å². The molecule has 1 aliphatic heterocycles. The van der Waals surface area contributed by atoms with Crippen molar-refractivity contribution in [3.63, 3.8) is 0 Å². The van der Waals surface area contributed by atoms with Gasteiger partial charge in [0.25, 0.3) is 0 Å². The summed E-state index contributed by atoms with van der Waals surface area (Å²) in [5, 5.41) is 13.2. The third-order valence-electron chi connectivity index (χ3n) is 2.94. The average molecular weight is 310 g/mol. The van der Waals surface area contributed by atoms with Crippen molar-refractivity contribution in [2.45, 2.75) is 18.2 Å². The Balaban J connectivity index is 2.49. The van der Waals surface area contributed by atoms with Gasteiger partial charge in [-0.3, -0.25) is 0 Å². The Morgan fingerprint density at radius 3 is 2.59 bits per heavy atom. The summed E-state index contributed by atoms with van der Waals surface area (Å²) in [6, 6.07) is 3.84. The number of hydrogen-bond acceptors (Lipinski definition) is 2. The summed E-state index contributed by atoms with van der Waals surface area (Å²) >= 11 is 2.95. The molecule has 1 aliphatic rings. The zero-order valence-electron chi connectivity index (χ0n) is 8.81. The van der Waals surface area contributed by atoms with E-state index in [1.807, 2.05) is 0 Å². The van der Waals surface area contributed by atoms with E-state index in [4.69, 9.17) is 0 Å². The number of hydrogen-bond donors (Lipinski definition) is 2. The van der Waals surface area contributed by atoms with Gasteiger partial charge < -0.3 is 10.4 Å². The van der Waals surface area contributed by atoms with Crippen LogP contribution in [0.25, 0.3) is 0 Å². The van der Waals surface area contributed by atoms with E-state index < -0.39 is 17.3 Å². The van der Waals surface area contributed by atoms with Crippen molar-refractivity contribution >= 4 is 15.9 Å². The van der Waals surface area contributed by atoms with E-state index >= 15 is 0 Å². The molecule has 0 aromatic heterocycles. The highest BCUT2D eigenvalue weighted by Gasteiger charge is 2.39. The summed E-state index contributed by atoms with van der Waals surface area (Å²) in [5.41, 5.74) is -1.69. The zero-order chi connectivity index (χ0) is 12.7. The van der Waals surface area contributed by atoms with Gasteiger partial charge in [0.1, 0.15) is 5.60 Å². The van der Waals surface area contributed by atoms with E-state index in [2.05, 4.69) is 21.2 Å². The largest absolute Gasteiger partial charge is 0.417 e. The van der Waals surface area contributed by atoms with Crippen LogP contribution in [0.2, 0.25) is 0 Å². The van der Waals surface area contributed by atoms with Gasteiger partial charge >= 0.3 is 6.18 Å². The lowest BCUT2D eigenvalue weighted by atomic mass is 9.91. The Morgan fingerprint density at radius 1 is 1.35 bits per heavy atom. The molecule has 1 atom stereocenters. The molecule has 1 unspecified atom stereocenters. The van der Waals surface area contributed by atoms with Gasteiger partial charge in [-0.25, -0.2) is 0 Å². The van der Waals surface area contributed by atoms with Crippen LogP contribution in [-0.4, -0.2) is 18.2 Å². The summed E-state index contributed by atoms with van der Waals surface area (Å²) < 4.78 is 38.1. The molecule has 0 radical (unpaired) electrons. The third-order valence-corrected chi connectivity index (χ3v) is 3.79. The summed E-state index contributed by atoms with van der Waals surface area (Å²) in [6.07, 6.45) is -4.01. The highest BCUT2D eigenvalue weighted by Crippen LogP contribution is 2.41. The molecule has 2 N–H and O–H groups in total. The van der Waals surface area contributed by atoms with E-state index in [-0.39, 0.29) is 16.6 Å². The highest BCUT2D eigenvalue weighted by molar-refractivity contribution is 9.10. The molecule has 0 spiro atoms. The SMILES string of the molecule is OC1(c2cccc(C(F)(F)F)c2Br)CCNC1. The van der Waals surface area contributed by atoms with Crippen LogP contribution < -0.4 is 5.32 Å². The standard InChI is InChI=1S/C11H11BrF3NO/c12-9-7(10(17)4-5-16-6-10)2-1-3-8(9)11(13,14)15/h1-3,16-17H,4-6H2. The first-order valence-corrected chi connectivity index (χ1v) is 5.93. The van der Waals surface area contributed by atoms with Gasteiger partial charge in [-0.05, 0) is 40.5 Å². The molecular weight excluding hydrogens is 299 g/mol. The lowest BCUT2D eigenvalue weighted by Gasteiger charge is -2.24. The molecule has 1 aromatic carbocycles. The number of benzene rings is 1. The quantitative estimate of drug-likeness (QED) is 0.836. The van der Waals surface area contributed by atoms with Gasteiger partial charge in [-0.1, -0.05) is 12.1 Å². The van der Waals surface area contributed by atoms with Crippen LogP contribution in [-0.2, 0) is 11.8 Å². The average Bonchev–Trinajstić information content (AvgIpc) is 2.64. The van der Waals surface area contributed by atoms with Gasteiger partial charge in [-0.15, -0.1) is 0 Å². The first-order valence-electron chi connectivity index (χ1n) is 5.14. The van der Waals surface area contributed by atoms with Crippen molar-refractivity contribution in [1.29, 1.82) is 0 Å². The molecule has 1 fully saturated rings. The van der Waals surface area contributed by atoms with Gasteiger partial charge in [0, 0.05) is 11.0 Å². The van der Waals surface area contributed by atoms with Crippen molar-refractivity contribution in [3.8, 4) is 0 Å². The molecule has 1 saturated heterocycles. The molecule has 1 aromatic rings. The van der Waals surface area contributed by atoms with E-state index in [0.717, 1.165) is 6.07 Å². The first kappa shape index (κ1) is 12.9. The second-order valence-corrected chi connectivity index (χ2v) is 4.92. The Labute approximate surface area is 105 Å². The minimum absolute atomic E-state index is 0.0706. The molecule has 0 amide bonds. The summed E-state index contributed by atoms with van der Waals surface area (Å²) in [6.45, 7) is 0.867. The van der Waals surface area contributed by atoms with Crippen LogP contribution in [0.15, 0.2) is 22.7 Å². The first-order chi connectivity index (χ1) is 7.84. The number of rotatable bonds is 1. The minimum atomic E-state index is -4.42. The predicted octanol–water partition coefficient (Wildman–Crippen LogP) is 2.65. The fourth-order valence-electron chi connectivity index (χ4n) is 2.02. The minimum Gasteiger partial charge on any atom is -0.384 e. The molecule has 17 heavy (non-hydrogen) atoms. The van der Waals surface area contributed by atoms with E-state index in [1.165, 1.54) is 12.1 Å². The zero-order valence-corrected chi connectivity index (χ0v) is 10.4. The summed E-state index contributed by atoms with van der Waals surface area (Å²) in [5.74, 6) is 0. The fraction of sp³-hybridized carbons (Fsp3) is 0.455. The fourth-order valence-corrected chi connectivity index (χ4v) is 2.88. The smallest absolute Gasteiger partial charge is 0.384 e. The van der Waals surface area contributed by atoms with Crippen LogP contribution in [0.3, 0.4) is 0 Å². The molecule has 0 saturated carbocycles. The van der Waals surface area contributed by atoms with Crippen LogP contribution in [0.4, 0.5) is 13.2 Å². The maximum absolute atomic E-state index is 12.7. The van der Waals surface area contributed by atoms with Crippen LogP contribution in [0, 0.1) is 0 Å². The maximum Gasteiger partial charge on any atom is 0.417 e. The van der Waals surface area contributed by atoms with Gasteiger partial charge in [0.05, 0.1) is 5.56 Å². The monoisotopic (exact) mass is 309 g/mol. The molecule has 2 nitrogen and oxygen atoms in total. The Kier molecular flexibility index (Phi) is 3.22. The Hall–Kier alpha value is -0.590. The summed E-state index contributed by atoms with van der Waals surface area (Å²) in [4.78, 5) is 0. The normalized spacial score (nSPS) is 25.2. The van der Waals surface area contributed by atoms with Gasteiger partial charge in [-0.2, -0.15) is 13.2 Å². The topological polar surface area (TPSA) is 32.3 Å². The van der Waals surface area contributed by atoms with E-state index in [9.17, 15) is 18.3 Å². The van der Waals surface area contributed by atoms with Crippen molar-refractivity contribution < 1.29 is 18.3 Å². The van der Waals surface area contributed by atoms with E-state index in [1.54, 1.807) is 0 Å². The molecule has 94 valence electrons. The van der Waals surface area contributed by atoms with Crippen LogP contribution in [0.1, 0.15) is 17.5 Å². The highest BCUT2D eigenvalue weighted by atomic mass is 79.9. The molecule has 0 bridgehead atoms. The molecule has 1 heterocycles. The van der Waals surface area contributed by atoms with Crippen molar-refractivity contribution in [2.75, 3.05) is 13.1 Å². The third kappa shape index (κ3) is 2.34. The van der Waals surface area contributed by atoms with E-state index in [0.29, 0.717) is 13.0 Å². The van der Waals surface area contributed by atoms with Crippen LogP contribution >= 0.6 is 15.9 Å². The summed E-state index contributed by atoms with van der Waals surface area (Å²) in [7, 11) is 0. The lowest BCUT2D eigenvalue weighted by molar-refractivity contribution is -0.138. The molecule has 6 heteroatoms. The number of halogens is 4. The predicted molar refractivity (Wildman–Crippen MR) is 60.5 cm³/mol. The molecular formula is C11H11BrF3NO. The molecule has 2 rings (SSSR count). The number of β-amino-alcohol motifs (C(OH)–C–C–N with tert-alkyl or cyclic N) is 1. The van der Waals surface area contributed by atoms with Gasteiger partial charge in [0.15, 0.2) is 0 Å². The van der Waals surface area contributed by atoms with Crippen molar-refractivity contribution in [3.05, 3.63) is 33.8 Å². The molecule has 0 aliphatic carbocycles. The number of aliphatic hydroxyl groups is 1.